The highest BCUT2D eigenvalue weighted by atomic mass is 16.3. The maximum atomic E-state index is 12.2. The number of hydrogen-bond donors (Lipinski definition) is 0. The fourth-order valence-corrected chi connectivity index (χ4v) is 3.76. The molecule has 2 aliphatic rings. The zero-order chi connectivity index (χ0) is 15.1. The zero-order valence-electron chi connectivity index (χ0n) is 13.2. The van der Waals surface area contributed by atoms with Crippen LogP contribution in [0.25, 0.3) is 11.0 Å². The first-order valence-electron chi connectivity index (χ1n) is 8.47. The molecule has 2 heterocycles. The number of hydrogen-bond acceptors (Lipinski definition) is 3. The van der Waals surface area contributed by atoms with E-state index in [2.05, 4.69) is 17.9 Å². The van der Waals surface area contributed by atoms with Gasteiger partial charge in [-0.3, -0.25) is 9.69 Å². The lowest BCUT2D eigenvalue weighted by Gasteiger charge is -2.31. The number of piperidine rings is 1. The Labute approximate surface area is 130 Å². The lowest BCUT2D eigenvalue weighted by Crippen LogP contribution is -2.33. The number of nitrogens with zero attached hydrogens (tertiary/aromatic N) is 1. The largest absolute Gasteiger partial charge is 0.464 e. The van der Waals surface area contributed by atoms with Gasteiger partial charge in [0.05, 0.1) is 11.6 Å². The molecule has 22 heavy (non-hydrogen) atoms. The standard InChI is InChI=1S/C19H23NO2/c1-13-3-2-7-20(11-13)12-14-9-16(15-4-5-15)19-17(10-14)18(21)6-8-22-19/h6,8-10,13,15H,2-5,7,11-12H2,1H3. The molecule has 2 aromatic rings. The second-order valence-electron chi connectivity index (χ2n) is 7.10. The first-order chi connectivity index (χ1) is 10.7. The van der Waals surface area contributed by atoms with Crippen LogP contribution in [0.1, 0.15) is 49.7 Å². The minimum atomic E-state index is 0.0806. The average molecular weight is 297 g/mol. The fraction of sp³-hybridized carbons (Fsp3) is 0.526. The van der Waals surface area contributed by atoms with E-state index in [0.717, 1.165) is 23.4 Å². The molecule has 2 fully saturated rings. The summed E-state index contributed by atoms with van der Waals surface area (Å²) >= 11 is 0. The average Bonchev–Trinajstić information content (AvgIpc) is 3.32. The maximum absolute atomic E-state index is 12.2. The van der Waals surface area contributed by atoms with Crippen LogP contribution in [0.15, 0.2) is 33.7 Å². The molecule has 0 radical (unpaired) electrons. The molecule has 1 saturated carbocycles. The van der Waals surface area contributed by atoms with Crippen LogP contribution in [0.5, 0.6) is 0 Å². The Morgan fingerprint density at radius 1 is 1.27 bits per heavy atom. The van der Waals surface area contributed by atoms with Gasteiger partial charge in [-0.2, -0.15) is 0 Å². The number of likely N-dealkylation sites (tertiary alicyclic amines) is 1. The second kappa shape index (κ2) is 5.54. The van der Waals surface area contributed by atoms with Gasteiger partial charge >= 0.3 is 0 Å². The van der Waals surface area contributed by atoms with E-state index in [1.165, 1.54) is 62.2 Å². The van der Waals surface area contributed by atoms with Crippen LogP contribution in [-0.4, -0.2) is 18.0 Å². The van der Waals surface area contributed by atoms with Crippen molar-refractivity contribution >= 4 is 11.0 Å². The summed E-state index contributed by atoms with van der Waals surface area (Å²) < 4.78 is 5.67. The number of benzene rings is 1. The third-order valence-corrected chi connectivity index (χ3v) is 5.01. The molecule has 0 bridgehead atoms. The van der Waals surface area contributed by atoms with Gasteiger partial charge in [-0.1, -0.05) is 13.0 Å². The highest BCUT2D eigenvalue weighted by Gasteiger charge is 2.28. The van der Waals surface area contributed by atoms with E-state index in [0.29, 0.717) is 5.92 Å². The van der Waals surface area contributed by atoms with Crippen LogP contribution in [-0.2, 0) is 6.54 Å². The Kier molecular flexibility index (Phi) is 3.53. The van der Waals surface area contributed by atoms with Crippen molar-refractivity contribution in [3.8, 4) is 0 Å². The Balaban J connectivity index is 1.71. The molecule has 1 saturated heterocycles. The topological polar surface area (TPSA) is 33.5 Å². The molecule has 4 rings (SSSR count). The van der Waals surface area contributed by atoms with E-state index in [9.17, 15) is 4.79 Å². The third kappa shape index (κ3) is 2.70. The van der Waals surface area contributed by atoms with E-state index in [1.54, 1.807) is 0 Å². The van der Waals surface area contributed by atoms with Gasteiger partial charge in [-0.15, -0.1) is 0 Å². The van der Waals surface area contributed by atoms with Crippen LogP contribution in [0.2, 0.25) is 0 Å². The molecular formula is C19H23NO2. The quantitative estimate of drug-likeness (QED) is 0.861. The van der Waals surface area contributed by atoms with Gasteiger partial charge in [0.25, 0.3) is 0 Å². The van der Waals surface area contributed by atoms with Crippen LogP contribution >= 0.6 is 0 Å². The molecule has 0 N–H and O–H groups in total. The van der Waals surface area contributed by atoms with Crippen molar-refractivity contribution in [3.63, 3.8) is 0 Å². The first kappa shape index (κ1) is 14.0. The Morgan fingerprint density at radius 2 is 2.14 bits per heavy atom. The van der Waals surface area contributed by atoms with Crippen molar-refractivity contribution in [2.45, 2.75) is 45.1 Å². The summed E-state index contributed by atoms with van der Waals surface area (Å²) in [6, 6.07) is 5.86. The molecule has 1 aromatic carbocycles. The Morgan fingerprint density at radius 3 is 2.91 bits per heavy atom. The van der Waals surface area contributed by atoms with Gasteiger partial charge in [0.1, 0.15) is 5.58 Å². The predicted molar refractivity (Wildman–Crippen MR) is 88.1 cm³/mol. The number of rotatable bonds is 3. The molecule has 1 aliphatic carbocycles. The van der Waals surface area contributed by atoms with Crippen molar-refractivity contribution in [1.82, 2.24) is 4.90 Å². The minimum absolute atomic E-state index is 0.0806. The lowest BCUT2D eigenvalue weighted by molar-refractivity contribution is 0.176. The molecule has 3 heteroatoms. The minimum Gasteiger partial charge on any atom is -0.464 e. The van der Waals surface area contributed by atoms with Crippen LogP contribution in [0.3, 0.4) is 0 Å². The summed E-state index contributed by atoms with van der Waals surface area (Å²) in [5.74, 6) is 1.37. The predicted octanol–water partition coefficient (Wildman–Crippen LogP) is 3.90. The molecule has 1 aromatic heterocycles. The first-order valence-corrected chi connectivity index (χ1v) is 8.47. The summed E-state index contributed by atoms with van der Waals surface area (Å²) in [7, 11) is 0. The van der Waals surface area contributed by atoms with Gasteiger partial charge in [-0.25, -0.2) is 0 Å². The van der Waals surface area contributed by atoms with Gasteiger partial charge in [-0.05, 0) is 61.3 Å². The van der Waals surface area contributed by atoms with Crippen molar-refractivity contribution in [1.29, 1.82) is 0 Å². The van der Waals surface area contributed by atoms with Gasteiger partial charge in [0.2, 0.25) is 0 Å². The van der Waals surface area contributed by atoms with Crippen molar-refractivity contribution in [2.75, 3.05) is 13.1 Å². The van der Waals surface area contributed by atoms with E-state index in [-0.39, 0.29) is 5.43 Å². The summed E-state index contributed by atoms with van der Waals surface area (Å²) in [4.78, 5) is 14.7. The molecule has 1 unspecified atom stereocenters. The fourth-order valence-electron chi connectivity index (χ4n) is 3.76. The summed E-state index contributed by atoms with van der Waals surface area (Å²) in [5, 5.41) is 0.756. The third-order valence-electron chi connectivity index (χ3n) is 5.01. The highest BCUT2D eigenvalue weighted by molar-refractivity contribution is 5.81. The SMILES string of the molecule is CC1CCCN(Cc2cc(C3CC3)c3occc(=O)c3c2)C1. The van der Waals surface area contributed by atoms with E-state index >= 15 is 0 Å². The summed E-state index contributed by atoms with van der Waals surface area (Å²) in [6.45, 7) is 5.62. The summed E-state index contributed by atoms with van der Waals surface area (Å²) in [6.07, 6.45) is 6.59. The molecule has 1 atom stereocenters. The van der Waals surface area contributed by atoms with Crippen LogP contribution in [0.4, 0.5) is 0 Å². The molecule has 3 nitrogen and oxygen atoms in total. The molecular weight excluding hydrogens is 274 g/mol. The van der Waals surface area contributed by atoms with E-state index in [1.807, 2.05) is 6.07 Å². The Hall–Kier alpha value is -1.61. The summed E-state index contributed by atoms with van der Waals surface area (Å²) in [5.41, 5.74) is 3.40. The van der Waals surface area contributed by atoms with E-state index < -0.39 is 0 Å². The van der Waals surface area contributed by atoms with Crippen LogP contribution in [0, 0.1) is 5.92 Å². The lowest BCUT2D eigenvalue weighted by atomic mass is 9.98. The van der Waals surface area contributed by atoms with Crippen LogP contribution < -0.4 is 5.43 Å². The van der Waals surface area contributed by atoms with Gasteiger partial charge < -0.3 is 4.42 Å². The Bertz CT molecular complexity index is 745. The van der Waals surface area contributed by atoms with E-state index in [4.69, 9.17) is 4.42 Å². The smallest absolute Gasteiger partial charge is 0.192 e. The number of fused-ring (bicyclic) bond motifs is 1. The van der Waals surface area contributed by atoms with Crippen molar-refractivity contribution in [2.24, 2.45) is 5.92 Å². The van der Waals surface area contributed by atoms with Gasteiger partial charge in [0.15, 0.2) is 5.43 Å². The zero-order valence-corrected chi connectivity index (χ0v) is 13.2. The molecule has 0 spiro atoms. The maximum Gasteiger partial charge on any atom is 0.192 e. The monoisotopic (exact) mass is 297 g/mol. The normalized spacial score (nSPS) is 23.0. The second-order valence-corrected chi connectivity index (χ2v) is 7.10. The molecule has 0 amide bonds. The van der Waals surface area contributed by atoms with Crippen molar-refractivity contribution < 1.29 is 4.42 Å². The van der Waals surface area contributed by atoms with Crippen molar-refractivity contribution in [3.05, 3.63) is 45.8 Å². The highest BCUT2D eigenvalue weighted by Crippen LogP contribution is 2.43. The van der Waals surface area contributed by atoms with Gasteiger partial charge in [0, 0.05) is 19.2 Å². The molecule has 116 valence electrons. The molecule has 1 aliphatic heterocycles.